The molecule has 0 atom stereocenters. The lowest BCUT2D eigenvalue weighted by molar-refractivity contribution is 0.438. The van der Waals surface area contributed by atoms with Crippen LogP contribution in [0.15, 0.2) is 4.47 Å². The van der Waals surface area contributed by atoms with Gasteiger partial charge in [0.05, 0.1) is 15.9 Å². The molecule has 0 radical (unpaired) electrons. The predicted octanol–water partition coefficient (Wildman–Crippen LogP) is 2.21. The number of nitrogens with one attached hydrogen (secondary N) is 1. The zero-order chi connectivity index (χ0) is 10.8. The van der Waals surface area contributed by atoms with Crippen molar-refractivity contribution in [1.82, 2.24) is 15.1 Å². The van der Waals surface area contributed by atoms with E-state index in [-0.39, 0.29) is 0 Å². The van der Waals surface area contributed by atoms with Gasteiger partial charge in [-0.3, -0.25) is 4.68 Å². The maximum absolute atomic E-state index is 4.55. The fourth-order valence-corrected chi connectivity index (χ4v) is 3.27. The van der Waals surface area contributed by atoms with Crippen LogP contribution in [0.25, 0.3) is 0 Å². The highest BCUT2D eigenvalue weighted by Crippen LogP contribution is 2.33. The summed E-state index contributed by atoms with van der Waals surface area (Å²) in [6.07, 6.45) is 3.45. The fraction of sp³-hybridized carbons (Fsp3) is 0.727. The SMILES string of the molecule is CCc1nn(C)c(C2CCNCC2)c1Br. The Bertz CT molecular complexity index is 340. The van der Waals surface area contributed by atoms with Gasteiger partial charge in [0.25, 0.3) is 0 Å². The topological polar surface area (TPSA) is 29.9 Å². The van der Waals surface area contributed by atoms with E-state index in [1.54, 1.807) is 0 Å². The lowest BCUT2D eigenvalue weighted by atomic mass is 9.94. The lowest BCUT2D eigenvalue weighted by Gasteiger charge is -2.23. The van der Waals surface area contributed by atoms with Crippen LogP contribution in [-0.2, 0) is 13.5 Å². The van der Waals surface area contributed by atoms with E-state index in [9.17, 15) is 0 Å². The molecule has 1 aliphatic rings. The molecule has 1 fully saturated rings. The monoisotopic (exact) mass is 271 g/mol. The van der Waals surface area contributed by atoms with Gasteiger partial charge in [-0.1, -0.05) is 6.92 Å². The predicted molar refractivity (Wildman–Crippen MR) is 65.1 cm³/mol. The summed E-state index contributed by atoms with van der Waals surface area (Å²) in [5.41, 5.74) is 2.57. The molecule has 2 heterocycles. The third-order valence-electron chi connectivity index (χ3n) is 3.16. The van der Waals surface area contributed by atoms with Gasteiger partial charge in [0.2, 0.25) is 0 Å². The Balaban J connectivity index is 2.29. The summed E-state index contributed by atoms with van der Waals surface area (Å²) in [6.45, 7) is 4.41. The average molecular weight is 272 g/mol. The largest absolute Gasteiger partial charge is 0.317 e. The van der Waals surface area contributed by atoms with Crippen LogP contribution >= 0.6 is 15.9 Å². The molecule has 15 heavy (non-hydrogen) atoms. The van der Waals surface area contributed by atoms with Crippen LogP contribution in [0.2, 0.25) is 0 Å². The van der Waals surface area contributed by atoms with E-state index in [1.807, 2.05) is 0 Å². The highest BCUT2D eigenvalue weighted by atomic mass is 79.9. The zero-order valence-corrected chi connectivity index (χ0v) is 11.0. The Hall–Kier alpha value is -0.350. The van der Waals surface area contributed by atoms with Gasteiger partial charge in [0.15, 0.2) is 0 Å². The summed E-state index contributed by atoms with van der Waals surface area (Å²) in [6, 6.07) is 0. The van der Waals surface area contributed by atoms with E-state index in [4.69, 9.17) is 0 Å². The van der Waals surface area contributed by atoms with Crippen LogP contribution in [0.4, 0.5) is 0 Å². The van der Waals surface area contributed by atoms with Gasteiger partial charge in [-0.05, 0) is 48.3 Å². The van der Waals surface area contributed by atoms with Crippen molar-refractivity contribution in [2.24, 2.45) is 7.05 Å². The van der Waals surface area contributed by atoms with E-state index in [2.05, 4.69) is 45.0 Å². The Kier molecular flexibility index (Phi) is 3.46. The van der Waals surface area contributed by atoms with E-state index in [0.29, 0.717) is 5.92 Å². The molecule has 3 nitrogen and oxygen atoms in total. The van der Waals surface area contributed by atoms with Crippen LogP contribution in [0.5, 0.6) is 0 Å². The van der Waals surface area contributed by atoms with Crippen LogP contribution in [0.3, 0.4) is 0 Å². The smallest absolute Gasteiger partial charge is 0.0766 e. The molecule has 1 N–H and O–H groups in total. The quantitative estimate of drug-likeness (QED) is 0.894. The number of piperidine rings is 1. The number of aromatic nitrogens is 2. The molecule has 1 aromatic rings. The molecule has 2 rings (SSSR count). The maximum atomic E-state index is 4.55. The highest BCUT2D eigenvalue weighted by Gasteiger charge is 2.23. The first-order valence-electron chi connectivity index (χ1n) is 5.66. The van der Waals surface area contributed by atoms with Crippen LogP contribution < -0.4 is 5.32 Å². The van der Waals surface area contributed by atoms with Gasteiger partial charge >= 0.3 is 0 Å². The molecule has 1 aromatic heterocycles. The fourth-order valence-electron chi connectivity index (χ4n) is 2.33. The molecule has 0 aromatic carbocycles. The number of aryl methyl sites for hydroxylation is 2. The van der Waals surface area contributed by atoms with Gasteiger partial charge in [0.1, 0.15) is 0 Å². The third kappa shape index (κ3) is 2.11. The second-order valence-electron chi connectivity index (χ2n) is 4.15. The second-order valence-corrected chi connectivity index (χ2v) is 4.94. The number of halogens is 1. The Labute approximate surface area is 99.4 Å². The number of nitrogens with zero attached hydrogens (tertiary/aromatic N) is 2. The minimum Gasteiger partial charge on any atom is -0.317 e. The first kappa shape index (κ1) is 11.1. The summed E-state index contributed by atoms with van der Waals surface area (Å²) in [5.74, 6) is 0.665. The van der Waals surface area contributed by atoms with Gasteiger partial charge in [-0.15, -0.1) is 0 Å². The van der Waals surface area contributed by atoms with E-state index < -0.39 is 0 Å². The van der Waals surface area contributed by atoms with Gasteiger partial charge < -0.3 is 5.32 Å². The number of rotatable bonds is 2. The van der Waals surface area contributed by atoms with Gasteiger partial charge in [-0.25, -0.2) is 0 Å². The maximum Gasteiger partial charge on any atom is 0.0766 e. The molecule has 0 unspecified atom stereocenters. The van der Waals surface area contributed by atoms with Crippen molar-refractivity contribution < 1.29 is 0 Å². The van der Waals surface area contributed by atoms with Crippen molar-refractivity contribution >= 4 is 15.9 Å². The van der Waals surface area contributed by atoms with Crippen molar-refractivity contribution in [1.29, 1.82) is 0 Å². The first-order valence-corrected chi connectivity index (χ1v) is 6.45. The Morgan fingerprint density at radius 2 is 2.13 bits per heavy atom. The average Bonchev–Trinajstić information content (AvgIpc) is 2.55. The zero-order valence-electron chi connectivity index (χ0n) is 9.39. The van der Waals surface area contributed by atoms with Gasteiger partial charge in [-0.2, -0.15) is 5.10 Å². The van der Waals surface area contributed by atoms with Crippen molar-refractivity contribution in [3.05, 3.63) is 15.9 Å². The molecule has 1 aliphatic heterocycles. The molecule has 0 spiro atoms. The van der Waals surface area contributed by atoms with Crippen molar-refractivity contribution in [3.8, 4) is 0 Å². The third-order valence-corrected chi connectivity index (χ3v) is 4.02. The van der Waals surface area contributed by atoms with Gasteiger partial charge in [0, 0.05) is 13.0 Å². The number of hydrogen-bond donors (Lipinski definition) is 1. The molecule has 84 valence electrons. The normalized spacial score (nSPS) is 18.3. The standard InChI is InChI=1S/C11H18BrN3/c1-3-9-10(12)11(15(2)14-9)8-4-6-13-7-5-8/h8,13H,3-7H2,1-2H3. The molecule has 0 aliphatic carbocycles. The summed E-state index contributed by atoms with van der Waals surface area (Å²) < 4.78 is 3.29. The summed E-state index contributed by atoms with van der Waals surface area (Å²) in [7, 11) is 2.06. The summed E-state index contributed by atoms with van der Waals surface area (Å²) in [5, 5.41) is 7.95. The minimum absolute atomic E-state index is 0.665. The molecular weight excluding hydrogens is 254 g/mol. The summed E-state index contributed by atoms with van der Waals surface area (Å²) in [4.78, 5) is 0. The van der Waals surface area contributed by atoms with E-state index >= 15 is 0 Å². The number of hydrogen-bond acceptors (Lipinski definition) is 2. The Morgan fingerprint density at radius 1 is 1.47 bits per heavy atom. The van der Waals surface area contributed by atoms with Crippen molar-refractivity contribution in [2.75, 3.05) is 13.1 Å². The van der Waals surface area contributed by atoms with Crippen LogP contribution in [0, 0.1) is 0 Å². The van der Waals surface area contributed by atoms with Crippen molar-refractivity contribution in [2.45, 2.75) is 32.1 Å². The highest BCUT2D eigenvalue weighted by molar-refractivity contribution is 9.10. The molecule has 0 amide bonds. The molecule has 1 saturated heterocycles. The Morgan fingerprint density at radius 3 is 2.67 bits per heavy atom. The van der Waals surface area contributed by atoms with E-state index in [0.717, 1.165) is 19.5 Å². The minimum atomic E-state index is 0.665. The molecule has 4 heteroatoms. The second kappa shape index (κ2) is 4.66. The van der Waals surface area contributed by atoms with Crippen molar-refractivity contribution in [3.63, 3.8) is 0 Å². The van der Waals surface area contributed by atoms with Crippen LogP contribution in [0.1, 0.15) is 37.1 Å². The molecule has 0 saturated carbocycles. The molecular formula is C11H18BrN3. The molecule has 0 bridgehead atoms. The van der Waals surface area contributed by atoms with E-state index in [1.165, 1.54) is 28.7 Å². The summed E-state index contributed by atoms with van der Waals surface area (Å²) >= 11 is 3.69. The lowest BCUT2D eigenvalue weighted by Crippen LogP contribution is -2.27. The van der Waals surface area contributed by atoms with Crippen LogP contribution in [-0.4, -0.2) is 22.9 Å². The first-order chi connectivity index (χ1) is 7.24.